The highest BCUT2D eigenvalue weighted by Crippen LogP contribution is 2.61. The highest BCUT2D eigenvalue weighted by Gasteiger charge is 2.59. The first-order valence-electron chi connectivity index (χ1n) is 6.11. The minimum absolute atomic E-state index is 0.271. The molecule has 0 aromatic rings. The minimum atomic E-state index is -0.422. The van der Waals surface area contributed by atoms with Crippen LogP contribution >= 0.6 is 0 Å². The van der Waals surface area contributed by atoms with Crippen molar-refractivity contribution in [1.82, 2.24) is 0 Å². The summed E-state index contributed by atoms with van der Waals surface area (Å²) in [5.74, 6) is 0.324. The van der Waals surface area contributed by atoms with Gasteiger partial charge in [-0.1, -0.05) is 13.3 Å². The van der Waals surface area contributed by atoms with E-state index < -0.39 is 5.60 Å². The highest BCUT2D eigenvalue weighted by atomic mass is 16.3. The summed E-state index contributed by atoms with van der Waals surface area (Å²) in [6, 6.07) is 0. The standard InChI is InChI=1S/C12H23NO/c1-2-10(9-13)12(14)8-4-7-11(12)5-3-6-11/h10,14H,2-9,13H2,1H3. The Hall–Kier alpha value is -0.0800. The first kappa shape index (κ1) is 10.4. The molecule has 2 heteroatoms. The van der Waals surface area contributed by atoms with Crippen LogP contribution in [-0.2, 0) is 0 Å². The first-order chi connectivity index (χ1) is 6.68. The molecule has 3 N–H and O–H groups in total. The van der Waals surface area contributed by atoms with Gasteiger partial charge in [0.25, 0.3) is 0 Å². The quantitative estimate of drug-likeness (QED) is 0.727. The van der Waals surface area contributed by atoms with Gasteiger partial charge < -0.3 is 10.8 Å². The average Bonchev–Trinajstić information content (AvgIpc) is 2.45. The van der Waals surface area contributed by atoms with E-state index in [1.165, 1.54) is 32.1 Å². The summed E-state index contributed by atoms with van der Waals surface area (Å²) in [4.78, 5) is 0. The second-order valence-electron chi connectivity index (χ2n) is 5.25. The normalized spacial score (nSPS) is 37.1. The molecule has 2 aliphatic rings. The van der Waals surface area contributed by atoms with Crippen molar-refractivity contribution in [3.05, 3.63) is 0 Å². The smallest absolute Gasteiger partial charge is 0.0743 e. The van der Waals surface area contributed by atoms with E-state index in [1.807, 2.05) is 0 Å². The van der Waals surface area contributed by atoms with Crippen LogP contribution in [0.1, 0.15) is 51.9 Å². The molecule has 0 amide bonds. The molecule has 2 aliphatic carbocycles. The molecule has 14 heavy (non-hydrogen) atoms. The van der Waals surface area contributed by atoms with Crippen molar-refractivity contribution in [2.75, 3.05) is 6.54 Å². The lowest BCUT2D eigenvalue weighted by Crippen LogP contribution is -2.55. The van der Waals surface area contributed by atoms with Gasteiger partial charge in [-0.15, -0.1) is 0 Å². The molecule has 2 saturated carbocycles. The Morgan fingerprint density at radius 1 is 1.21 bits per heavy atom. The molecule has 2 rings (SSSR count). The van der Waals surface area contributed by atoms with E-state index in [0.717, 1.165) is 12.8 Å². The third-order valence-corrected chi connectivity index (χ3v) is 4.89. The SMILES string of the molecule is CCC(CN)C1(O)CCCC12CCC2. The van der Waals surface area contributed by atoms with Crippen LogP contribution in [0.4, 0.5) is 0 Å². The van der Waals surface area contributed by atoms with E-state index in [-0.39, 0.29) is 5.41 Å². The monoisotopic (exact) mass is 197 g/mol. The summed E-state index contributed by atoms with van der Waals surface area (Å²) in [5, 5.41) is 10.8. The topological polar surface area (TPSA) is 46.2 Å². The Bertz CT molecular complexity index is 208. The van der Waals surface area contributed by atoms with Crippen LogP contribution in [0.2, 0.25) is 0 Å². The number of rotatable bonds is 3. The summed E-state index contributed by atoms with van der Waals surface area (Å²) < 4.78 is 0. The van der Waals surface area contributed by atoms with Crippen molar-refractivity contribution >= 4 is 0 Å². The predicted molar refractivity (Wildman–Crippen MR) is 57.9 cm³/mol. The van der Waals surface area contributed by atoms with Crippen LogP contribution in [0, 0.1) is 11.3 Å². The van der Waals surface area contributed by atoms with E-state index >= 15 is 0 Å². The van der Waals surface area contributed by atoms with Crippen LogP contribution in [0.5, 0.6) is 0 Å². The molecule has 82 valence electrons. The number of hydrogen-bond donors (Lipinski definition) is 2. The number of aliphatic hydroxyl groups is 1. The summed E-state index contributed by atoms with van der Waals surface area (Å²) >= 11 is 0. The molecule has 2 atom stereocenters. The van der Waals surface area contributed by atoms with Crippen molar-refractivity contribution in [3.8, 4) is 0 Å². The lowest BCUT2D eigenvalue weighted by atomic mass is 9.56. The van der Waals surface area contributed by atoms with Crippen LogP contribution in [0.15, 0.2) is 0 Å². The van der Waals surface area contributed by atoms with Crippen LogP contribution in [0.25, 0.3) is 0 Å². The molecule has 0 heterocycles. The zero-order valence-electron chi connectivity index (χ0n) is 9.26. The van der Waals surface area contributed by atoms with E-state index in [9.17, 15) is 5.11 Å². The van der Waals surface area contributed by atoms with Crippen molar-refractivity contribution < 1.29 is 5.11 Å². The zero-order valence-corrected chi connectivity index (χ0v) is 9.26. The van der Waals surface area contributed by atoms with E-state index in [1.54, 1.807) is 0 Å². The fraction of sp³-hybridized carbons (Fsp3) is 1.00. The Kier molecular flexibility index (Phi) is 2.61. The molecular weight excluding hydrogens is 174 g/mol. The summed E-state index contributed by atoms with van der Waals surface area (Å²) in [5.41, 5.74) is 5.64. The van der Waals surface area contributed by atoms with Gasteiger partial charge in [0, 0.05) is 5.92 Å². The van der Waals surface area contributed by atoms with E-state index in [2.05, 4.69) is 6.92 Å². The minimum Gasteiger partial charge on any atom is -0.389 e. The van der Waals surface area contributed by atoms with Crippen molar-refractivity contribution in [2.45, 2.75) is 57.5 Å². The molecule has 0 aromatic carbocycles. The van der Waals surface area contributed by atoms with E-state index in [4.69, 9.17) is 5.73 Å². The Balaban J connectivity index is 2.19. The third kappa shape index (κ3) is 1.17. The molecule has 0 radical (unpaired) electrons. The summed E-state index contributed by atoms with van der Waals surface area (Å²) in [7, 11) is 0. The molecule has 0 aromatic heterocycles. The summed E-state index contributed by atoms with van der Waals surface area (Å²) in [6.45, 7) is 2.80. The molecule has 2 nitrogen and oxygen atoms in total. The molecule has 2 unspecified atom stereocenters. The second-order valence-corrected chi connectivity index (χ2v) is 5.25. The van der Waals surface area contributed by atoms with Gasteiger partial charge in [0.05, 0.1) is 5.60 Å². The van der Waals surface area contributed by atoms with Crippen molar-refractivity contribution in [3.63, 3.8) is 0 Å². The number of nitrogens with two attached hydrogens (primary N) is 1. The van der Waals surface area contributed by atoms with Crippen molar-refractivity contribution in [2.24, 2.45) is 17.1 Å². The van der Waals surface area contributed by atoms with Gasteiger partial charge >= 0.3 is 0 Å². The van der Waals surface area contributed by atoms with E-state index in [0.29, 0.717) is 12.5 Å². The van der Waals surface area contributed by atoms with Crippen LogP contribution in [-0.4, -0.2) is 17.3 Å². The Morgan fingerprint density at radius 3 is 2.21 bits per heavy atom. The van der Waals surface area contributed by atoms with Gasteiger partial charge in [-0.3, -0.25) is 0 Å². The molecule has 0 bridgehead atoms. The Morgan fingerprint density at radius 2 is 1.79 bits per heavy atom. The Labute approximate surface area is 86.9 Å². The van der Waals surface area contributed by atoms with Gasteiger partial charge in [-0.2, -0.15) is 0 Å². The maximum atomic E-state index is 10.8. The third-order valence-electron chi connectivity index (χ3n) is 4.89. The largest absolute Gasteiger partial charge is 0.389 e. The number of hydrogen-bond acceptors (Lipinski definition) is 2. The lowest BCUT2D eigenvalue weighted by Gasteiger charge is -2.52. The molecular formula is C12H23NO. The summed E-state index contributed by atoms with van der Waals surface area (Å²) in [6.07, 6.45) is 8.23. The van der Waals surface area contributed by atoms with Gasteiger partial charge in [-0.25, -0.2) is 0 Å². The average molecular weight is 197 g/mol. The van der Waals surface area contributed by atoms with Gasteiger partial charge in [0.2, 0.25) is 0 Å². The molecule has 1 spiro atoms. The second kappa shape index (κ2) is 3.49. The predicted octanol–water partition coefficient (Wildman–Crippen LogP) is 2.06. The van der Waals surface area contributed by atoms with Crippen molar-refractivity contribution in [1.29, 1.82) is 0 Å². The first-order valence-corrected chi connectivity index (χ1v) is 6.11. The molecule has 0 saturated heterocycles. The molecule has 2 fully saturated rings. The molecule has 0 aliphatic heterocycles. The van der Waals surface area contributed by atoms with Gasteiger partial charge in [0.1, 0.15) is 0 Å². The van der Waals surface area contributed by atoms with Crippen LogP contribution < -0.4 is 5.73 Å². The maximum absolute atomic E-state index is 10.8. The lowest BCUT2D eigenvalue weighted by molar-refractivity contribution is -0.140. The van der Waals surface area contributed by atoms with Gasteiger partial charge in [-0.05, 0) is 50.5 Å². The van der Waals surface area contributed by atoms with Gasteiger partial charge in [0.15, 0.2) is 0 Å². The fourth-order valence-corrected chi connectivity index (χ4v) is 3.80. The fourth-order valence-electron chi connectivity index (χ4n) is 3.80. The maximum Gasteiger partial charge on any atom is 0.0743 e. The highest BCUT2D eigenvalue weighted by molar-refractivity contribution is 5.10. The van der Waals surface area contributed by atoms with Crippen LogP contribution in [0.3, 0.4) is 0 Å². The zero-order chi connectivity index (χ0) is 10.2.